The highest BCUT2D eigenvalue weighted by Crippen LogP contribution is 2.38. The predicted molar refractivity (Wildman–Crippen MR) is 95.1 cm³/mol. The number of carbonyl (C=O) groups is 2. The lowest BCUT2D eigenvalue weighted by atomic mass is 9.95. The summed E-state index contributed by atoms with van der Waals surface area (Å²) in [5, 5.41) is 9.45. The van der Waals surface area contributed by atoms with Crippen molar-refractivity contribution in [3.8, 4) is 0 Å². The van der Waals surface area contributed by atoms with Crippen LogP contribution in [0.1, 0.15) is 34.8 Å². The van der Waals surface area contributed by atoms with E-state index in [1.54, 1.807) is 0 Å². The lowest BCUT2D eigenvalue weighted by Crippen LogP contribution is -2.62. The Hall–Kier alpha value is -3.44. The van der Waals surface area contributed by atoms with Crippen molar-refractivity contribution >= 4 is 17.6 Å². The molecule has 0 aliphatic carbocycles. The summed E-state index contributed by atoms with van der Waals surface area (Å²) in [5.41, 5.74) is -7.41. The normalized spacial score (nSPS) is 13.8. The van der Waals surface area contributed by atoms with E-state index in [-0.39, 0.29) is 5.56 Å². The number of ether oxygens (including phenoxy) is 1. The molecule has 0 bridgehead atoms. The number of esters is 1. The molecule has 0 radical (unpaired) electrons. The van der Waals surface area contributed by atoms with Gasteiger partial charge in [0.25, 0.3) is 11.6 Å². The molecule has 0 saturated carbocycles. The predicted octanol–water partition coefficient (Wildman–Crippen LogP) is 4.11. The number of halogens is 6. The Kier molecular flexibility index (Phi) is 6.72. The van der Waals surface area contributed by atoms with Gasteiger partial charge in [0.1, 0.15) is 0 Å². The topological polar surface area (TPSA) is 92.1 Å². The molecule has 166 valence electrons. The number of hydrogen-bond donors (Lipinski definition) is 2. The molecule has 2 aromatic rings. The third kappa shape index (κ3) is 5.58. The Morgan fingerprint density at radius 2 is 1.61 bits per heavy atom. The molecule has 0 saturated heterocycles. The van der Waals surface area contributed by atoms with Crippen LogP contribution < -0.4 is 5.32 Å². The Morgan fingerprint density at radius 3 is 2.13 bits per heavy atom. The van der Waals surface area contributed by atoms with E-state index in [1.807, 2.05) is 0 Å². The van der Waals surface area contributed by atoms with Crippen LogP contribution in [0.15, 0.2) is 48.8 Å². The molecule has 0 spiro atoms. The molecule has 1 heterocycles. The minimum Gasteiger partial charge on any atom is -0.429 e. The van der Waals surface area contributed by atoms with Gasteiger partial charge in [0, 0.05) is 36.2 Å². The van der Waals surface area contributed by atoms with Crippen LogP contribution in [0.3, 0.4) is 0 Å². The zero-order valence-corrected chi connectivity index (χ0v) is 15.8. The maximum atomic E-state index is 14.0. The molecule has 0 aliphatic rings. The minimum atomic E-state index is -5.47. The third-order valence-electron chi connectivity index (χ3n) is 4.02. The van der Waals surface area contributed by atoms with Gasteiger partial charge in [0.15, 0.2) is 0 Å². The van der Waals surface area contributed by atoms with Gasteiger partial charge in [0.2, 0.25) is 0 Å². The van der Waals surface area contributed by atoms with E-state index in [4.69, 9.17) is 5.41 Å². The fraction of sp³-hybridized carbons (Fsp3) is 0.263. The van der Waals surface area contributed by atoms with Crippen LogP contribution in [-0.2, 0) is 15.7 Å². The van der Waals surface area contributed by atoms with Crippen LogP contribution in [-0.4, -0.2) is 34.5 Å². The molecule has 0 fully saturated rings. The van der Waals surface area contributed by atoms with Gasteiger partial charge in [-0.25, -0.2) is 0 Å². The number of rotatable bonds is 6. The largest absolute Gasteiger partial charge is 0.449 e. The zero-order valence-electron chi connectivity index (χ0n) is 15.8. The quantitative estimate of drug-likeness (QED) is 0.302. The number of hydrogen-bond acceptors (Lipinski definition) is 5. The van der Waals surface area contributed by atoms with Gasteiger partial charge in [0.05, 0.1) is 12.0 Å². The van der Waals surface area contributed by atoms with E-state index in [9.17, 15) is 35.9 Å². The Bertz CT molecular complexity index is 976. The molecule has 31 heavy (non-hydrogen) atoms. The van der Waals surface area contributed by atoms with Crippen LogP contribution in [0.5, 0.6) is 0 Å². The van der Waals surface area contributed by atoms with E-state index < -0.39 is 53.2 Å². The molecule has 1 atom stereocenters. The number of benzene rings is 1. The summed E-state index contributed by atoms with van der Waals surface area (Å²) in [4.78, 5) is 27.4. The standard InChI is InChI=1S/C19H15F6N3O3/c1-11(29)31-17(19(23,24)25,28-16(30)12-6-8-27-9-7-12)10-15(26)13-4-2-3-5-14(13)18(20,21)22/h2-9,26H,10H2,1H3,(H,28,30). The number of nitrogens with zero attached hydrogens (tertiary/aromatic N) is 1. The van der Waals surface area contributed by atoms with Gasteiger partial charge >= 0.3 is 18.3 Å². The van der Waals surface area contributed by atoms with Gasteiger partial charge in [-0.05, 0) is 18.2 Å². The number of alkyl halides is 6. The average molecular weight is 447 g/mol. The molecule has 12 heteroatoms. The fourth-order valence-corrected chi connectivity index (χ4v) is 2.68. The highest BCUT2D eigenvalue weighted by atomic mass is 19.4. The first kappa shape index (κ1) is 23.8. The summed E-state index contributed by atoms with van der Waals surface area (Å²) in [7, 11) is 0. The van der Waals surface area contributed by atoms with E-state index in [1.165, 1.54) is 5.32 Å². The summed E-state index contributed by atoms with van der Waals surface area (Å²) in [6, 6.07) is 5.68. The molecule has 2 N–H and O–H groups in total. The first-order valence-electron chi connectivity index (χ1n) is 8.50. The second-order valence-corrected chi connectivity index (χ2v) is 6.31. The molecule has 1 amide bonds. The van der Waals surface area contributed by atoms with E-state index in [0.29, 0.717) is 13.0 Å². The van der Waals surface area contributed by atoms with Gasteiger partial charge in [-0.1, -0.05) is 18.2 Å². The third-order valence-corrected chi connectivity index (χ3v) is 4.02. The Morgan fingerprint density at radius 1 is 1.03 bits per heavy atom. The van der Waals surface area contributed by atoms with Crippen molar-refractivity contribution in [1.82, 2.24) is 10.3 Å². The number of nitrogens with one attached hydrogen (secondary N) is 2. The van der Waals surface area contributed by atoms with Gasteiger partial charge in [-0.15, -0.1) is 0 Å². The fourth-order valence-electron chi connectivity index (χ4n) is 2.68. The highest BCUT2D eigenvalue weighted by molar-refractivity contribution is 6.01. The van der Waals surface area contributed by atoms with E-state index in [2.05, 4.69) is 9.72 Å². The summed E-state index contributed by atoms with van der Waals surface area (Å²) in [6.07, 6.45) is -9.78. The highest BCUT2D eigenvalue weighted by Gasteiger charge is 2.60. The lowest BCUT2D eigenvalue weighted by Gasteiger charge is -2.35. The van der Waals surface area contributed by atoms with Crippen molar-refractivity contribution in [3.63, 3.8) is 0 Å². The van der Waals surface area contributed by atoms with E-state index in [0.717, 1.165) is 42.7 Å². The molecular weight excluding hydrogens is 432 g/mol. The smallest absolute Gasteiger partial charge is 0.429 e. The summed E-state index contributed by atoms with van der Waals surface area (Å²) >= 11 is 0. The van der Waals surface area contributed by atoms with Crippen LogP contribution >= 0.6 is 0 Å². The summed E-state index contributed by atoms with van der Waals surface area (Å²) in [5.74, 6) is -2.80. The molecule has 2 rings (SSSR count). The second-order valence-electron chi connectivity index (χ2n) is 6.31. The maximum absolute atomic E-state index is 14.0. The van der Waals surface area contributed by atoms with E-state index >= 15 is 0 Å². The molecule has 6 nitrogen and oxygen atoms in total. The molecular formula is C19H15F6N3O3. The summed E-state index contributed by atoms with van der Waals surface area (Å²) in [6.45, 7) is 0.631. The van der Waals surface area contributed by atoms with Crippen LogP contribution in [0.4, 0.5) is 26.3 Å². The van der Waals surface area contributed by atoms with Gasteiger partial charge < -0.3 is 15.5 Å². The van der Waals surface area contributed by atoms with Crippen molar-refractivity contribution in [1.29, 1.82) is 5.41 Å². The zero-order chi connectivity index (χ0) is 23.4. The molecule has 1 unspecified atom stereocenters. The summed E-state index contributed by atoms with van der Waals surface area (Å²) < 4.78 is 86.1. The average Bonchev–Trinajstić information content (AvgIpc) is 2.66. The lowest BCUT2D eigenvalue weighted by molar-refractivity contribution is -0.274. The first-order chi connectivity index (χ1) is 14.3. The van der Waals surface area contributed by atoms with Crippen LogP contribution in [0.25, 0.3) is 0 Å². The van der Waals surface area contributed by atoms with Gasteiger partial charge in [-0.3, -0.25) is 14.6 Å². The van der Waals surface area contributed by atoms with Crippen LogP contribution in [0.2, 0.25) is 0 Å². The van der Waals surface area contributed by atoms with Crippen molar-refractivity contribution < 1.29 is 40.7 Å². The molecule has 1 aromatic carbocycles. The number of carbonyl (C=O) groups excluding carboxylic acids is 2. The molecule has 0 aliphatic heterocycles. The SMILES string of the molecule is CC(=O)OC(CC(=N)c1ccccc1C(F)(F)F)(NC(=O)c1ccncc1)C(F)(F)F. The van der Waals surface area contributed by atoms with Crippen molar-refractivity contribution in [3.05, 3.63) is 65.5 Å². The maximum Gasteiger partial charge on any atom is 0.449 e. The molecule has 1 aromatic heterocycles. The second kappa shape index (κ2) is 8.74. The first-order valence-corrected chi connectivity index (χ1v) is 8.50. The van der Waals surface area contributed by atoms with Crippen LogP contribution in [0, 0.1) is 5.41 Å². The number of amides is 1. The van der Waals surface area contributed by atoms with Crippen molar-refractivity contribution in [2.45, 2.75) is 31.4 Å². The Labute approximate surface area is 171 Å². The van der Waals surface area contributed by atoms with Crippen molar-refractivity contribution in [2.24, 2.45) is 0 Å². The minimum absolute atomic E-state index is 0.280. The van der Waals surface area contributed by atoms with Gasteiger partial charge in [-0.2, -0.15) is 26.3 Å². The number of pyridine rings is 1. The number of aromatic nitrogens is 1. The Balaban J connectivity index is 2.52. The van der Waals surface area contributed by atoms with Crippen molar-refractivity contribution in [2.75, 3.05) is 0 Å². The monoisotopic (exact) mass is 447 g/mol.